The Hall–Kier alpha value is -4.00. The maximum Gasteiger partial charge on any atom is 0.322 e. The Morgan fingerprint density at radius 2 is 1.85 bits per heavy atom. The Balaban J connectivity index is 1.58. The minimum atomic E-state index is -0.401. The highest BCUT2D eigenvalue weighted by molar-refractivity contribution is 5.93. The number of amides is 2. The third-order valence-corrected chi connectivity index (χ3v) is 6.13. The smallest absolute Gasteiger partial charge is 0.322 e. The molecule has 5 rings (SSSR count). The molecule has 2 N–H and O–H groups in total. The first-order chi connectivity index (χ1) is 16.1. The normalized spacial score (nSPS) is 15.2. The zero-order valence-electron chi connectivity index (χ0n) is 18.4. The molecule has 2 amide bonds. The molecule has 0 aliphatic carbocycles. The number of H-pyrrole nitrogens is 1. The summed E-state index contributed by atoms with van der Waals surface area (Å²) in [4.78, 5) is 18.7. The van der Waals surface area contributed by atoms with Crippen molar-refractivity contribution < 1.29 is 18.7 Å². The van der Waals surface area contributed by atoms with E-state index in [2.05, 4.69) is 10.3 Å². The third kappa shape index (κ3) is 3.75. The number of carbonyl (C=O) groups excluding carboxylic acids is 1. The van der Waals surface area contributed by atoms with E-state index in [4.69, 9.17) is 9.47 Å². The maximum atomic E-state index is 13.7. The zero-order valence-corrected chi connectivity index (χ0v) is 18.4. The van der Waals surface area contributed by atoms with Gasteiger partial charge in [-0.25, -0.2) is 9.18 Å². The summed E-state index contributed by atoms with van der Waals surface area (Å²) < 4.78 is 24.5. The van der Waals surface area contributed by atoms with Gasteiger partial charge in [0.2, 0.25) is 0 Å². The summed E-state index contributed by atoms with van der Waals surface area (Å²) in [7, 11) is 3.21. The van der Waals surface area contributed by atoms with Gasteiger partial charge in [-0.2, -0.15) is 0 Å². The summed E-state index contributed by atoms with van der Waals surface area (Å²) in [6.45, 7) is 0.500. The van der Waals surface area contributed by atoms with Crippen molar-refractivity contribution >= 4 is 22.6 Å². The maximum absolute atomic E-state index is 13.7. The number of anilines is 1. The molecule has 7 heteroatoms. The summed E-state index contributed by atoms with van der Waals surface area (Å²) in [5.41, 5.74) is 4.45. The quantitative estimate of drug-likeness (QED) is 0.436. The van der Waals surface area contributed by atoms with Gasteiger partial charge in [0.05, 0.1) is 25.9 Å². The lowest BCUT2D eigenvalue weighted by Crippen LogP contribution is -2.43. The van der Waals surface area contributed by atoms with Gasteiger partial charge in [0.1, 0.15) is 17.3 Å². The number of rotatable bonds is 4. The van der Waals surface area contributed by atoms with Crippen LogP contribution in [0.4, 0.5) is 14.9 Å². The molecule has 0 bridgehead atoms. The number of aromatic nitrogens is 1. The van der Waals surface area contributed by atoms with E-state index in [1.807, 2.05) is 30.3 Å². The predicted octanol–water partition coefficient (Wildman–Crippen LogP) is 5.50. The van der Waals surface area contributed by atoms with Crippen LogP contribution in [-0.4, -0.2) is 36.7 Å². The SMILES string of the molecule is COc1ccc2[nH]c3c(c2c1)CCN(C(=O)Nc1ccccc1OC)C3c1ccc(F)cc1. The van der Waals surface area contributed by atoms with Crippen LogP contribution in [0.3, 0.4) is 0 Å². The van der Waals surface area contributed by atoms with Crippen LogP contribution in [-0.2, 0) is 6.42 Å². The van der Waals surface area contributed by atoms with E-state index in [-0.39, 0.29) is 11.8 Å². The van der Waals surface area contributed by atoms with E-state index < -0.39 is 6.04 Å². The summed E-state index contributed by atoms with van der Waals surface area (Å²) in [5, 5.41) is 4.05. The predicted molar refractivity (Wildman–Crippen MR) is 126 cm³/mol. The first kappa shape index (κ1) is 20.9. The van der Waals surface area contributed by atoms with E-state index in [0.29, 0.717) is 24.4 Å². The molecule has 1 aliphatic heterocycles. The van der Waals surface area contributed by atoms with Gasteiger partial charge < -0.3 is 24.7 Å². The highest BCUT2D eigenvalue weighted by atomic mass is 19.1. The van der Waals surface area contributed by atoms with E-state index >= 15 is 0 Å². The van der Waals surface area contributed by atoms with Crippen LogP contribution >= 0.6 is 0 Å². The number of fused-ring (bicyclic) bond motifs is 3. The topological polar surface area (TPSA) is 66.6 Å². The highest BCUT2D eigenvalue weighted by Gasteiger charge is 2.35. The van der Waals surface area contributed by atoms with Crippen molar-refractivity contribution in [2.45, 2.75) is 12.5 Å². The monoisotopic (exact) mass is 445 g/mol. The molecule has 1 aromatic heterocycles. The number of nitrogens with zero attached hydrogens (tertiary/aromatic N) is 1. The highest BCUT2D eigenvalue weighted by Crippen LogP contribution is 2.40. The lowest BCUT2D eigenvalue weighted by molar-refractivity contribution is 0.193. The number of urea groups is 1. The number of benzene rings is 3. The number of ether oxygens (including phenoxy) is 2. The molecule has 1 atom stereocenters. The van der Waals surface area contributed by atoms with E-state index in [0.717, 1.165) is 33.5 Å². The Morgan fingerprint density at radius 3 is 2.61 bits per heavy atom. The molecule has 33 heavy (non-hydrogen) atoms. The summed E-state index contributed by atoms with van der Waals surface area (Å²) in [6.07, 6.45) is 0.680. The number of hydrogen-bond acceptors (Lipinski definition) is 3. The second-order valence-electron chi connectivity index (χ2n) is 7.96. The van der Waals surface area contributed by atoms with Crippen molar-refractivity contribution in [3.05, 3.63) is 89.4 Å². The molecule has 1 unspecified atom stereocenters. The molecule has 2 heterocycles. The van der Waals surface area contributed by atoms with Gasteiger partial charge in [-0.1, -0.05) is 24.3 Å². The van der Waals surface area contributed by atoms with Crippen molar-refractivity contribution in [2.75, 3.05) is 26.1 Å². The molecule has 0 radical (unpaired) electrons. The van der Waals surface area contributed by atoms with Crippen molar-refractivity contribution in [1.29, 1.82) is 0 Å². The molecule has 0 saturated carbocycles. The minimum Gasteiger partial charge on any atom is -0.497 e. The Morgan fingerprint density at radius 1 is 1.06 bits per heavy atom. The van der Waals surface area contributed by atoms with E-state index in [9.17, 15) is 9.18 Å². The first-order valence-corrected chi connectivity index (χ1v) is 10.7. The van der Waals surface area contributed by atoms with Gasteiger partial charge in [0.25, 0.3) is 0 Å². The van der Waals surface area contributed by atoms with Gasteiger partial charge in [-0.3, -0.25) is 0 Å². The fourth-order valence-corrected chi connectivity index (χ4v) is 4.54. The summed E-state index contributed by atoms with van der Waals surface area (Å²) in [6, 6.07) is 18.8. The van der Waals surface area contributed by atoms with Crippen LogP contribution in [0, 0.1) is 5.82 Å². The van der Waals surface area contributed by atoms with Crippen LogP contribution in [0.2, 0.25) is 0 Å². The van der Waals surface area contributed by atoms with Crippen LogP contribution in [0.25, 0.3) is 10.9 Å². The van der Waals surface area contributed by atoms with E-state index in [1.165, 1.54) is 12.1 Å². The molecule has 0 saturated heterocycles. The average Bonchev–Trinajstić information content (AvgIpc) is 3.22. The van der Waals surface area contributed by atoms with Gasteiger partial charge in [-0.15, -0.1) is 0 Å². The number of methoxy groups -OCH3 is 2. The number of nitrogens with one attached hydrogen (secondary N) is 2. The van der Waals surface area contributed by atoms with Crippen molar-refractivity contribution in [2.24, 2.45) is 0 Å². The molecule has 4 aromatic rings. The van der Waals surface area contributed by atoms with Gasteiger partial charge >= 0.3 is 6.03 Å². The number of carbonyl (C=O) groups is 1. The molecule has 0 fully saturated rings. The second kappa shape index (κ2) is 8.50. The average molecular weight is 445 g/mol. The molecule has 168 valence electrons. The molecule has 0 spiro atoms. The Labute approximate surface area is 190 Å². The second-order valence-corrected chi connectivity index (χ2v) is 7.96. The van der Waals surface area contributed by atoms with E-state index in [1.54, 1.807) is 43.4 Å². The lowest BCUT2D eigenvalue weighted by Gasteiger charge is -2.36. The van der Waals surface area contributed by atoms with Crippen molar-refractivity contribution in [1.82, 2.24) is 9.88 Å². The Bertz CT molecular complexity index is 1320. The number of halogens is 1. The standard InChI is InChI=1S/C26H24FN3O3/c1-32-18-11-12-21-20(15-18)19-13-14-30(26(31)29-22-5-3-4-6-23(22)33-2)25(24(19)28-21)16-7-9-17(27)10-8-16/h3-12,15,25,28H,13-14H2,1-2H3,(H,29,31). The summed E-state index contributed by atoms with van der Waals surface area (Å²) >= 11 is 0. The molecule has 3 aromatic carbocycles. The van der Waals surface area contributed by atoms with Crippen molar-refractivity contribution in [3.8, 4) is 11.5 Å². The third-order valence-electron chi connectivity index (χ3n) is 6.13. The number of aromatic amines is 1. The largest absolute Gasteiger partial charge is 0.497 e. The fourth-order valence-electron chi connectivity index (χ4n) is 4.54. The minimum absolute atomic E-state index is 0.254. The van der Waals surface area contributed by atoms with Crippen LogP contribution in [0.5, 0.6) is 11.5 Å². The van der Waals surface area contributed by atoms with Gasteiger partial charge in [0.15, 0.2) is 0 Å². The lowest BCUT2D eigenvalue weighted by atomic mass is 9.92. The zero-order chi connectivity index (χ0) is 22.9. The van der Waals surface area contributed by atoms with Crippen LogP contribution < -0.4 is 14.8 Å². The van der Waals surface area contributed by atoms with Crippen LogP contribution in [0.1, 0.15) is 22.9 Å². The fraction of sp³-hybridized carbons (Fsp3) is 0.192. The number of para-hydroxylation sites is 2. The molecular formula is C26H24FN3O3. The summed E-state index contributed by atoms with van der Waals surface area (Å²) in [5.74, 6) is 1.04. The molecule has 6 nitrogen and oxygen atoms in total. The number of hydrogen-bond donors (Lipinski definition) is 2. The molecule has 1 aliphatic rings. The first-order valence-electron chi connectivity index (χ1n) is 10.7. The Kier molecular flexibility index (Phi) is 5.38. The van der Waals surface area contributed by atoms with Gasteiger partial charge in [-0.05, 0) is 60.0 Å². The van der Waals surface area contributed by atoms with Crippen molar-refractivity contribution in [3.63, 3.8) is 0 Å². The van der Waals surface area contributed by atoms with Crippen LogP contribution in [0.15, 0.2) is 66.7 Å². The molecular weight excluding hydrogens is 421 g/mol. The van der Waals surface area contributed by atoms with Gasteiger partial charge in [0, 0.05) is 23.1 Å².